The van der Waals surface area contributed by atoms with Gasteiger partial charge in [0.25, 0.3) is 0 Å². The number of nitrogens with zero attached hydrogens (tertiary/aromatic N) is 2. The van der Waals surface area contributed by atoms with E-state index in [4.69, 9.17) is 9.47 Å². The molecule has 1 saturated heterocycles. The summed E-state index contributed by atoms with van der Waals surface area (Å²) < 4.78 is 11.3. The van der Waals surface area contributed by atoms with Crippen molar-refractivity contribution in [2.75, 3.05) is 52.5 Å². The smallest absolute Gasteiger partial charge is 0.161 e. The molecule has 0 bridgehead atoms. The fraction of sp³-hybridized carbons (Fsp3) is 0.556. The SMILES string of the molecule is CCOc1ccccc1OC/C=C/CN1CCN(CC)CC1.Cl. The van der Waals surface area contributed by atoms with Crippen LogP contribution in [0, 0.1) is 0 Å². The Morgan fingerprint density at radius 3 is 2.13 bits per heavy atom. The van der Waals surface area contributed by atoms with Crippen LogP contribution in [0.5, 0.6) is 11.5 Å². The zero-order chi connectivity index (χ0) is 15.6. The zero-order valence-electron chi connectivity index (χ0n) is 14.2. The minimum Gasteiger partial charge on any atom is -0.490 e. The van der Waals surface area contributed by atoms with Crippen molar-refractivity contribution in [1.82, 2.24) is 9.80 Å². The molecule has 0 aromatic heterocycles. The third kappa shape index (κ3) is 6.81. The van der Waals surface area contributed by atoms with Gasteiger partial charge in [0.15, 0.2) is 11.5 Å². The van der Waals surface area contributed by atoms with Crippen LogP contribution in [0.2, 0.25) is 0 Å². The lowest BCUT2D eigenvalue weighted by atomic mass is 10.3. The predicted octanol–water partition coefficient (Wildman–Crippen LogP) is 3.08. The standard InChI is InChI=1S/C18H28N2O2.ClH/c1-3-19-12-14-20(15-13-19)11-7-8-16-22-18-10-6-5-9-17(18)21-4-2;/h5-10H,3-4,11-16H2,1-2H3;1H/b8-7+;. The van der Waals surface area contributed by atoms with Crippen molar-refractivity contribution in [3.8, 4) is 11.5 Å². The van der Waals surface area contributed by atoms with Crippen molar-refractivity contribution in [3.05, 3.63) is 36.4 Å². The lowest BCUT2D eigenvalue weighted by Gasteiger charge is -2.33. The summed E-state index contributed by atoms with van der Waals surface area (Å²) in [6, 6.07) is 7.82. The molecule has 23 heavy (non-hydrogen) atoms. The fourth-order valence-electron chi connectivity index (χ4n) is 2.56. The number of para-hydroxylation sites is 2. The van der Waals surface area contributed by atoms with Crippen LogP contribution in [-0.2, 0) is 0 Å². The Morgan fingerprint density at radius 1 is 0.913 bits per heavy atom. The van der Waals surface area contributed by atoms with E-state index in [0.29, 0.717) is 13.2 Å². The van der Waals surface area contributed by atoms with E-state index in [9.17, 15) is 0 Å². The summed E-state index contributed by atoms with van der Waals surface area (Å²) in [5.74, 6) is 1.62. The lowest BCUT2D eigenvalue weighted by molar-refractivity contribution is 0.148. The molecule has 0 spiro atoms. The fourth-order valence-corrected chi connectivity index (χ4v) is 2.56. The highest BCUT2D eigenvalue weighted by Crippen LogP contribution is 2.26. The first-order valence-corrected chi connectivity index (χ1v) is 8.27. The highest BCUT2D eigenvalue weighted by atomic mass is 35.5. The molecule has 0 atom stereocenters. The molecule has 1 aromatic rings. The van der Waals surface area contributed by atoms with Crippen LogP contribution in [0.3, 0.4) is 0 Å². The highest BCUT2D eigenvalue weighted by molar-refractivity contribution is 5.85. The Labute approximate surface area is 146 Å². The van der Waals surface area contributed by atoms with Gasteiger partial charge in [-0.2, -0.15) is 0 Å². The van der Waals surface area contributed by atoms with Crippen molar-refractivity contribution in [2.24, 2.45) is 0 Å². The summed E-state index contributed by atoms with van der Waals surface area (Å²) in [6.45, 7) is 12.3. The van der Waals surface area contributed by atoms with E-state index in [2.05, 4.69) is 28.9 Å². The molecule has 0 amide bonds. The zero-order valence-corrected chi connectivity index (χ0v) is 15.1. The van der Waals surface area contributed by atoms with Crippen molar-refractivity contribution >= 4 is 12.4 Å². The summed E-state index contributed by atoms with van der Waals surface area (Å²) in [5, 5.41) is 0. The van der Waals surface area contributed by atoms with Gasteiger partial charge >= 0.3 is 0 Å². The molecule has 1 fully saturated rings. The average molecular weight is 341 g/mol. The monoisotopic (exact) mass is 340 g/mol. The molecule has 1 aliphatic rings. The Kier molecular flexibility index (Phi) is 9.76. The van der Waals surface area contributed by atoms with E-state index in [0.717, 1.165) is 37.7 Å². The molecule has 0 unspecified atom stereocenters. The predicted molar refractivity (Wildman–Crippen MR) is 98.0 cm³/mol. The largest absolute Gasteiger partial charge is 0.490 e. The number of ether oxygens (including phenoxy) is 2. The van der Waals surface area contributed by atoms with Crippen LogP contribution in [0.25, 0.3) is 0 Å². The van der Waals surface area contributed by atoms with Gasteiger partial charge in [0.2, 0.25) is 0 Å². The Balaban J connectivity index is 0.00000264. The Morgan fingerprint density at radius 2 is 1.52 bits per heavy atom. The van der Waals surface area contributed by atoms with E-state index >= 15 is 0 Å². The number of hydrogen-bond donors (Lipinski definition) is 0. The van der Waals surface area contributed by atoms with Crippen LogP contribution < -0.4 is 9.47 Å². The molecule has 2 rings (SSSR count). The third-order valence-corrected chi connectivity index (χ3v) is 3.93. The van der Waals surface area contributed by atoms with Gasteiger partial charge in [-0.25, -0.2) is 0 Å². The van der Waals surface area contributed by atoms with E-state index < -0.39 is 0 Å². The molecule has 0 N–H and O–H groups in total. The maximum atomic E-state index is 5.78. The Bertz CT molecular complexity index is 460. The molecule has 0 saturated carbocycles. The minimum atomic E-state index is 0. The Hall–Kier alpha value is -1.23. The first-order chi connectivity index (χ1) is 10.8. The van der Waals surface area contributed by atoms with Gasteiger partial charge in [-0.3, -0.25) is 4.90 Å². The normalized spacial score (nSPS) is 16.3. The van der Waals surface area contributed by atoms with Gasteiger partial charge in [-0.15, -0.1) is 12.4 Å². The lowest BCUT2D eigenvalue weighted by Crippen LogP contribution is -2.46. The van der Waals surface area contributed by atoms with E-state index in [-0.39, 0.29) is 12.4 Å². The summed E-state index contributed by atoms with van der Waals surface area (Å²) in [7, 11) is 0. The number of rotatable bonds is 8. The molecule has 4 nitrogen and oxygen atoms in total. The van der Waals surface area contributed by atoms with Crippen molar-refractivity contribution in [1.29, 1.82) is 0 Å². The van der Waals surface area contributed by atoms with E-state index in [1.807, 2.05) is 31.2 Å². The van der Waals surface area contributed by atoms with Gasteiger partial charge in [0, 0.05) is 32.7 Å². The molecule has 1 heterocycles. The molecular formula is C18H29ClN2O2. The van der Waals surface area contributed by atoms with Crippen LogP contribution in [-0.4, -0.2) is 62.3 Å². The molecule has 130 valence electrons. The number of likely N-dealkylation sites (N-methyl/N-ethyl adjacent to an activating group) is 1. The molecule has 1 aliphatic heterocycles. The molecule has 1 aromatic carbocycles. The summed E-state index contributed by atoms with van der Waals surface area (Å²) in [5.41, 5.74) is 0. The van der Waals surface area contributed by atoms with E-state index in [1.165, 1.54) is 13.1 Å². The van der Waals surface area contributed by atoms with Crippen LogP contribution in [0.4, 0.5) is 0 Å². The summed E-state index contributed by atoms with van der Waals surface area (Å²) in [6.07, 6.45) is 4.29. The minimum absolute atomic E-state index is 0. The van der Waals surface area contributed by atoms with Gasteiger partial charge in [0.1, 0.15) is 6.61 Å². The number of halogens is 1. The first-order valence-electron chi connectivity index (χ1n) is 8.27. The number of hydrogen-bond acceptors (Lipinski definition) is 4. The topological polar surface area (TPSA) is 24.9 Å². The average Bonchev–Trinajstić information content (AvgIpc) is 2.57. The summed E-state index contributed by atoms with van der Waals surface area (Å²) >= 11 is 0. The van der Waals surface area contributed by atoms with Crippen LogP contribution >= 0.6 is 12.4 Å². The highest BCUT2D eigenvalue weighted by Gasteiger charge is 2.13. The van der Waals surface area contributed by atoms with Gasteiger partial charge < -0.3 is 14.4 Å². The molecule has 0 radical (unpaired) electrons. The molecular weight excluding hydrogens is 312 g/mol. The van der Waals surface area contributed by atoms with Crippen molar-refractivity contribution < 1.29 is 9.47 Å². The van der Waals surface area contributed by atoms with Crippen molar-refractivity contribution in [2.45, 2.75) is 13.8 Å². The number of piperazine rings is 1. The number of benzene rings is 1. The van der Waals surface area contributed by atoms with Gasteiger partial charge in [-0.1, -0.05) is 31.2 Å². The maximum absolute atomic E-state index is 5.78. The van der Waals surface area contributed by atoms with E-state index in [1.54, 1.807) is 0 Å². The van der Waals surface area contributed by atoms with Crippen LogP contribution in [0.1, 0.15) is 13.8 Å². The van der Waals surface area contributed by atoms with Crippen molar-refractivity contribution in [3.63, 3.8) is 0 Å². The van der Waals surface area contributed by atoms with Gasteiger partial charge in [-0.05, 0) is 25.6 Å². The molecule has 5 heteroatoms. The molecule has 0 aliphatic carbocycles. The summed E-state index contributed by atoms with van der Waals surface area (Å²) in [4.78, 5) is 4.98. The first kappa shape index (κ1) is 19.8. The maximum Gasteiger partial charge on any atom is 0.161 e. The second-order valence-corrected chi connectivity index (χ2v) is 5.40. The van der Waals surface area contributed by atoms with Crippen LogP contribution in [0.15, 0.2) is 36.4 Å². The quantitative estimate of drug-likeness (QED) is 0.679. The van der Waals surface area contributed by atoms with Gasteiger partial charge in [0.05, 0.1) is 6.61 Å². The third-order valence-electron chi connectivity index (χ3n) is 3.93. The second-order valence-electron chi connectivity index (χ2n) is 5.40. The second kappa shape index (κ2) is 11.3.